The van der Waals surface area contributed by atoms with Gasteiger partial charge in [0.2, 0.25) is 0 Å². The van der Waals surface area contributed by atoms with Gasteiger partial charge in [-0.3, -0.25) is 4.79 Å². The smallest absolute Gasteiger partial charge is 0.258 e. The number of fused-ring (bicyclic) bond motifs is 1. The van der Waals surface area contributed by atoms with Crippen LogP contribution in [0, 0.1) is 0 Å². The Bertz CT molecular complexity index is 722. The summed E-state index contributed by atoms with van der Waals surface area (Å²) in [6.45, 7) is -0.0466. The summed E-state index contributed by atoms with van der Waals surface area (Å²) < 4.78 is 16.0. The van der Waals surface area contributed by atoms with E-state index in [0.717, 1.165) is 19.3 Å². The molecule has 0 fully saturated rings. The van der Waals surface area contributed by atoms with E-state index in [1.807, 2.05) is 12.1 Å². The van der Waals surface area contributed by atoms with Gasteiger partial charge in [0.25, 0.3) is 5.91 Å². The van der Waals surface area contributed by atoms with E-state index in [2.05, 4.69) is 17.4 Å². The van der Waals surface area contributed by atoms with Crippen molar-refractivity contribution >= 4 is 5.91 Å². The maximum Gasteiger partial charge on any atom is 0.258 e. The van der Waals surface area contributed by atoms with Crippen molar-refractivity contribution in [2.24, 2.45) is 0 Å². The van der Waals surface area contributed by atoms with Crippen LogP contribution in [-0.2, 0) is 11.2 Å². The number of carbonyl (C=O) groups excluding carboxylic acids is 1. The van der Waals surface area contributed by atoms with Crippen molar-refractivity contribution in [1.29, 1.82) is 0 Å². The van der Waals surface area contributed by atoms with Crippen molar-refractivity contribution in [3.63, 3.8) is 0 Å². The molecule has 2 aromatic carbocycles. The van der Waals surface area contributed by atoms with Crippen molar-refractivity contribution in [2.45, 2.75) is 25.3 Å². The number of nitrogens with one attached hydrogen (secondary N) is 1. The standard InChI is InChI=1S/C20H23NO4/c1-23-15-10-16(24-2)12-17(11-15)25-13-20(22)21-19-9-5-7-14-6-3-4-8-18(14)19/h3-4,6,8,10-12,19H,5,7,9,13H2,1-2H3,(H,21,22)/t19-/m1/s1. The minimum absolute atomic E-state index is 0.0466. The molecule has 132 valence electrons. The molecule has 0 unspecified atom stereocenters. The minimum atomic E-state index is -0.136. The van der Waals surface area contributed by atoms with Crippen LogP contribution in [0.5, 0.6) is 17.2 Å². The number of carbonyl (C=O) groups is 1. The predicted octanol–water partition coefficient (Wildman–Crippen LogP) is 3.28. The second kappa shape index (κ2) is 7.92. The molecule has 0 aliphatic heterocycles. The fourth-order valence-corrected chi connectivity index (χ4v) is 3.15. The van der Waals surface area contributed by atoms with Crippen LogP contribution in [0.2, 0.25) is 0 Å². The van der Waals surface area contributed by atoms with E-state index >= 15 is 0 Å². The Morgan fingerprint density at radius 2 is 1.76 bits per heavy atom. The zero-order valence-electron chi connectivity index (χ0n) is 14.6. The van der Waals surface area contributed by atoms with E-state index in [1.165, 1.54) is 11.1 Å². The first-order chi connectivity index (χ1) is 12.2. The first-order valence-corrected chi connectivity index (χ1v) is 8.42. The summed E-state index contributed by atoms with van der Waals surface area (Å²) in [5.74, 6) is 1.64. The molecule has 1 aliphatic carbocycles. The number of benzene rings is 2. The molecule has 0 spiro atoms. The largest absolute Gasteiger partial charge is 0.496 e. The van der Waals surface area contributed by atoms with Gasteiger partial charge in [-0.05, 0) is 30.4 Å². The third kappa shape index (κ3) is 4.24. The summed E-state index contributed by atoms with van der Waals surface area (Å²) in [5, 5.41) is 3.08. The molecule has 2 aromatic rings. The van der Waals surface area contributed by atoms with Crippen molar-refractivity contribution < 1.29 is 19.0 Å². The lowest BCUT2D eigenvalue weighted by Gasteiger charge is -2.26. The number of hydrogen-bond donors (Lipinski definition) is 1. The molecule has 3 rings (SSSR count). The van der Waals surface area contributed by atoms with Gasteiger partial charge >= 0.3 is 0 Å². The number of amides is 1. The SMILES string of the molecule is COc1cc(OC)cc(OCC(=O)N[C@@H]2CCCc3ccccc32)c1. The van der Waals surface area contributed by atoms with Crippen LogP contribution >= 0.6 is 0 Å². The summed E-state index contributed by atoms with van der Waals surface area (Å²) >= 11 is 0. The highest BCUT2D eigenvalue weighted by Crippen LogP contribution is 2.30. The molecule has 1 atom stereocenters. The fourth-order valence-electron chi connectivity index (χ4n) is 3.15. The molecule has 0 saturated heterocycles. The minimum Gasteiger partial charge on any atom is -0.496 e. The quantitative estimate of drug-likeness (QED) is 0.876. The molecule has 5 heteroatoms. The normalized spacial score (nSPS) is 15.8. The van der Waals surface area contributed by atoms with E-state index in [0.29, 0.717) is 17.2 Å². The molecule has 1 N–H and O–H groups in total. The Morgan fingerprint density at radius 1 is 1.08 bits per heavy atom. The summed E-state index contributed by atoms with van der Waals surface area (Å²) in [6, 6.07) is 13.6. The molecule has 0 heterocycles. The molecule has 0 saturated carbocycles. The number of methoxy groups -OCH3 is 2. The van der Waals surface area contributed by atoms with Crippen LogP contribution in [-0.4, -0.2) is 26.7 Å². The van der Waals surface area contributed by atoms with Gasteiger partial charge in [-0.15, -0.1) is 0 Å². The van der Waals surface area contributed by atoms with Crippen LogP contribution in [0.25, 0.3) is 0 Å². The van der Waals surface area contributed by atoms with Crippen molar-refractivity contribution in [2.75, 3.05) is 20.8 Å². The monoisotopic (exact) mass is 341 g/mol. The topological polar surface area (TPSA) is 56.8 Å². The second-order valence-electron chi connectivity index (χ2n) is 6.05. The lowest BCUT2D eigenvalue weighted by Crippen LogP contribution is -2.34. The van der Waals surface area contributed by atoms with Gasteiger partial charge < -0.3 is 19.5 Å². The van der Waals surface area contributed by atoms with Crippen LogP contribution in [0.4, 0.5) is 0 Å². The molecule has 1 amide bonds. The van der Waals surface area contributed by atoms with Crippen LogP contribution < -0.4 is 19.5 Å². The van der Waals surface area contributed by atoms with E-state index < -0.39 is 0 Å². The number of rotatable bonds is 6. The predicted molar refractivity (Wildman–Crippen MR) is 95.3 cm³/mol. The Kier molecular flexibility index (Phi) is 5.43. The highest BCUT2D eigenvalue weighted by atomic mass is 16.5. The van der Waals surface area contributed by atoms with Gasteiger partial charge in [0.15, 0.2) is 6.61 Å². The number of ether oxygens (including phenoxy) is 3. The Balaban J connectivity index is 1.61. The Hall–Kier alpha value is -2.69. The fraction of sp³-hybridized carbons (Fsp3) is 0.350. The van der Waals surface area contributed by atoms with Crippen LogP contribution in [0.3, 0.4) is 0 Å². The highest BCUT2D eigenvalue weighted by Gasteiger charge is 2.21. The maximum atomic E-state index is 12.3. The van der Waals surface area contributed by atoms with Gasteiger partial charge in [-0.25, -0.2) is 0 Å². The van der Waals surface area contributed by atoms with Crippen LogP contribution in [0.15, 0.2) is 42.5 Å². The molecule has 5 nitrogen and oxygen atoms in total. The van der Waals surface area contributed by atoms with Gasteiger partial charge in [0.1, 0.15) is 17.2 Å². The van der Waals surface area contributed by atoms with Gasteiger partial charge in [-0.2, -0.15) is 0 Å². The Labute approximate surface area is 147 Å². The summed E-state index contributed by atoms with van der Waals surface area (Å²) in [7, 11) is 3.15. The average molecular weight is 341 g/mol. The lowest BCUT2D eigenvalue weighted by molar-refractivity contribution is -0.124. The third-order valence-corrected chi connectivity index (χ3v) is 4.40. The van der Waals surface area contributed by atoms with Gasteiger partial charge in [0.05, 0.1) is 20.3 Å². The van der Waals surface area contributed by atoms with E-state index in [1.54, 1.807) is 32.4 Å². The van der Waals surface area contributed by atoms with Crippen LogP contribution in [0.1, 0.15) is 30.0 Å². The molecule has 0 bridgehead atoms. The average Bonchev–Trinajstić information content (AvgIpc) is 2.66. The molecule has 25 heavy (non-hydrogen) atoms. The third-order valence-electron chi connectivity index (χ3n) is 4.40. The van der Waals surface area contributed by atoms with E-state index in [-0.39, 0.29) is 18.6 Å². The second-order valence-corrected chi connectivity index (χ2v) is 6.05. The molecular formula is C20H23NO4. The first kappa shape index (κ1) is 17.1. The molecule has 0 aromatic heterocycles. The van der Waals surface area contributed by atoms with Gasteiger partial charge in [-0.1, -0.05) is 24.3 Å². The highest BCUT2D eigenvalue weighted by molar-refractivity contribution is 5.78. The molecular weight excluding hydrogens is 318 g/mol. The maximum absolute atomic E-state index is 12.3. The van der Waals surface area contributed by atoms with E-state index in [4.69, 9.17) is 14.2 Å². The summed E-state index contributed by atoms with van der Waals surface area (Å²) in [6.07, 6.45) is 3.11. The zero-order valence-corrected chi connectivity index (χ0v) is 14.6. The number of hydrogen-bond acceptors (Lipinski definition) is 4. The van der Waals surface area contributed by atoms with Crippen molar-refractivity contribution in [3.05, 3.63) is 53.6 Å². The zero-order chi connectivity index (χ0) is 17.6. The van der Waals surface area contributed by atoms with Crippen molar-refractivity contribution in [1.82, 2.24) is 5.32 Å². The molecule has 1 aliphatic rings. The Morgan fingerprint density at radius 3 is 2.48 bits per heavy atom. The van der Waals surface area contributed by atoms with Crippen molar-refractivity contribution in [3.8, 4) is 17.2 Å². The molecule has 0 radical (unpaired) electrons. The lowest BCUT2D eigenvalue weighted by atomic mass is 9.88. The number of aryl methyl sites for hydroxylation is 1. The first-order valence-electron chi connectivity index (χ1n) is 8.42. The van der Waals surface area contributed by atoms with Gasteiger partial charge in [0, 0.05) is 18.2 Å². The summed E-state index contributed by atoms with van der Waals surface area (Å²) in [4.78, 5) is 12.3. The van der Waals surface area contributed by atoms with E-state index in [9.17, 15) is 4.79 Å². The summed E-state index contributed by atoms with van der Waals surface area (Å²) in [5.41, 5.74) is 2.53.